The summed E-state index contributed by atoms with van der Waals surface area (Å²) in [4.78, 5) is 29.7. The van der Waals surface area contributed by atoms with Crippen LogP contribution in [0.5, 0.6) is 11.5 Å². The van der Waals surface area contributed by atoms with Crippen LogP contribution in [-0.4, -0.2) is 46.3 Å². The van der Waals surface area contributed by atoms with Gasteiger partial charge in [0.1, 0.15) is 11.4 Å². The molecule has 0 unspecified atom stereocenters. The van der Waals surface area contributed by atoms with Crippen LogP contribution >= 0.6 is 0 Å². The third kappa shape index (κ3) is 2.95. The fourth-order valence-corrected chi connectivity index (χ4v) is 1.81. The highest BCUT2D eigenvalue weighted by Crippen LogP contribution is 2.31. The monoisotopic (exact) mass is 304 g/mol. The predicted octanol–water partition coefficient (Wildman–Crippen LogP) is 1.56. The van der Waals surface area contributed by atoms with Gasteiger partial charge in [-0.2, -0.15) is 0 Å². The van der Waals surface area contributed by atoms with Gasteiger partial charge in [-0.25, -0.2) is 19.6 Å². The molecular weight excluding hydrogens is 292 g/mol. The molecular formula is C14H12N2O6. The van der Waals surface area contributed by atoms with E-state index in [-0.39, 0.29) is 17.0 Å². The molecule has 8 nitrogen and oxygen atoms in total. The van der Waals surface area contributed by atoms with Crippen LogP contribution in [0.4, 0.5) is 0 Å². The van der Waals surface area contributed by atoms with Gasteiger partial charge in [-0.15, -0.1) is 0 Å². The van der Waals surface area contributed by atoms with E-state index in [1.807, 2.05) is 0 Å². The van der Waals surface area contributed by atoms with Crippen molar-refractivity contribution in [2.75, 3.05) is 14.2 Å². The second kappa shape index (κ2) is 6.08. The van der Waals surface area contributed by atoms with E-state index in [1.54, 1.807) is 0 Å². The van der Waals surface area contributed by atoms with E-state index < -0.39 is 17.8 Å². The van der Waals surface area contributed by atoms with Gasteiger partial charge in [-0.3, -0.25) is 0 Å². The minimum absolute atomic E-state index is 0.0214. The number of hydrogen-bond acceptors (Lipinski definition) is 6. The van der Waals surface area contributed by atoms with E-state index in [0.717, 1.165) is 0 Å². The highest BCUT2D eigenvalue weighted by molar-refractivity contribution is 5.90. The maximum atomic E-state index is 11.2. The number of aromatic carboxylic acids is 2. The predicted molar refractivity (Wildman–Crippen MR) is 74.5 cm³/mol. The molecule has 2 N–H and O–H groups in total. The highest BCUT2D eigenvalue weighted by Gasteiger charge is 2.17. The van der Waals surface area contributed by atoms with Crippen LogP contribution in [-0.2, 0) is 0 Å². The van der Waals surface area contributed by atoms with E-state index in [1.165, 1.54) is 38.6 Å². The molecule has 0 atom stereocenters. The Hall–Kier alpha value is -3.16. The van der Waals surface area contributed by atoms with Gasteiger partial charge < -0.3 is 19.7 Å². The van der Waals surface area contributed by atoms with Gasteiger partial charge in [0.05, 0.1) is 26.0 Å². The van der Waals surface area contributed by atoms with E-state index in [4.69, 9.17) is 19.7 Å². The number of carbonyl (C=O) groups is 2. The van der Waals surface area contributed by atoms with Crippen molar-refractivity contribution in [2.45, 2.75) is 0 Å². The zero-order valence-corrected chi connectivity index (χ0v) is 11.7. The summed E-state index contributed by atoms with van der Waals surface area (Å²) < 4.78 is 10.2. The van der Waals surface area contributed by atoms with Crippen LogP contribution in [0.1, 0.15) is 21.0 Å². The number of hydrogen-bond donors (Lipinski definition) is 2. The number of methoxy groups -OCH3 is 2. The molecule has 2 rings (SSSR count). The molecule has 1 aromatic carbocycles. The molecule has 0 aliphatic rings. The number of carboxylic acid groups (broad SMARTS) is 2. The molecule has 1 aromatic heterocycles. The van der Waals surface area contributed by atoms with E-state index >= 15 is 0 Å². The Morgan fingerprint density at radius 2 is 1.77 bits per heavy atom. The Labute approximate surface area is 125 Å². The summed E-state index contributed by atoms with van der Waals surface area (Å²) in [6, 6.07) is 4.22. The molecule has 0 saturated carbocycles. The lowest BCUT2D eigenvalue weighted by Gasteiger charge is -2.10. The van der Waals surface area contributed by atoms with Crippen molar-refractivity contribution in [1.29, 1.82) is 0 Å². The minimum Gasteiger partial charge on any atom is -0.497 e. The summed E-state index contributed by atoms with van der Waals surface area (Å²) in [5.41, 5.74) is 0.488. The van der Waals surface area contributed by atoms with Gasteiger partial charge in [-0.1, -0.05) is 0 Å². The van der Waals surface area contributed by atoms with Crippen LogP contribution < -0.4 is 9.47 Å². The third-order valence-electron chi connectivity index (χ3n) is 2.83. The fraction of sp³-hybridized carbons (Fsp3) is 0.143. The quantitative estimate of drug-likeness (QED) is 0.854. The Kier molecular flexibility index (Phi) is 4.21. The second-order valence-corrected chi connectivity index (χ2v) is 4.17. The smallest absolute Gasteiger partial charge is 0.373 e. The number of rotatable bonds is 5. The van der Waals surface area contributed by atoms with Crippen molar-refractivity contribution in [2.24, 2.45) is 0 Å². The lowest BCUT2D eigenvalue weighted by atomic mass is 10.1. The fourth-order valence-electron chi connectivity index (χ4n) is 1.81. The summed E-state index contributed by atoms with van der Waals surface area (Å²) >= 11 is 0. The van der Waals surface area contributed by atoms with Gasteiger partial charge >= 0.3 is 11.9 Å². The number of carboxylic acids is 2. The summed E-state index contributed by atoms with van der Waals surface area (Å²) in [5, 5.41) is 18.1. The van der Waals surface area contributed by atoms with Gasteiger partial charge in [0.2, 0.25) is 5.82 Å². The maximum absolute atomic E-state index is 11.2. The van der Waals surface area contributed by atoms with Gasteiger partial charge in [0.25, 0.3) is 0 Å². The first kappa shape index (κ1) is 15.2. The van der Waals surface area contributed by atoms with Crippen LogP contribution in [0.2, 0.25) is 0 Å². The van der Waals surface area contributed by atoms with Crippen molar-refractivity contribution in [3.8, 4) is 22.8 Å². The molecule has 0 aliphatic carbocycles. The van der Waals surface area contributed by atoms with Crippen molar-refractivity contribution < 1.29 is 29.3 Å². The first-order valence-corrected chi connectivity index (χ1v) is 6.03. The molecule has 0 bridgehead atoms. The molecule has 0 aliphatic heterocycles. The molecule has 2 aromatic rings. The van der Waals surface area contributed by atoms with Crippen LogP contribution in [0, 0.1) is 0 Å². The zero-order chi connectivity index (χ0) is 16.3. The third-order valence-corrected chi connectivity index (χ3v) is 2.83. The average Bonchev–Trinajstić information content (AvgIpc) is 2.53. The molecule has 0 fully saturated rings. The number of benzene rings is 1. The minimum atomic E-state index is -1.30. The van der Waals surface area contributed by atoms with E-state index in [2.05, 4.69) is 9.97 Å². The van der Waals surface area contributed by atoms with Gasteiger partial charge in [0, 0.05) is 5.56 Å². The zero-order valence-electron chi connectivity index (χ0n) is 11.7. The molecule has 114 valence electrons. The van der Waals surface area contributed by atoms with Gasteiger partial charge in [0.15, 0.2) is 5.75 Å². The standard InChI is InChI=1S/C14H12N2O6/c1-21-9-4-7(3-8(5-9)13(17)18)11-10(22-2)6-15-12(16-11)14(19)20/h3-6H,1-2H3,(H,17,18)(H,19,20). The molecule has 0 spiro atoms. The molecule has 0 radical (unpaired) electrons. The van der Waals surface area contributed by atoms with Crippen molar-refractivity contribution in [1.82, 2.24) is 9.97 Å². The molecule has 8 heteroatoms. The first-order chi connectivity index (χ1) is 10.5. The lowest BCUT2D eigenvalue weighted by molar-refractivity contribution is 0.0677. The largest absolute Gasteiger partial charge is 0.497 e. The van der Waals surface area contributed by atoms with Crippen LogP contribution in [0.15, 0.2) is 24.4 Å². The summed E-state index contributed by atoms with van der Waals surface area (Å²) in [6.07, 6.45) is 1.21. The van der Waals surface area contributed by atoms with E-state index in [9.17, 15) is 9.59 Å². The topological polar surface area (TPSA) is 119 Å². The average molecular weight is 304 g/mol. The van der Waals surface area contributed by atoms with Crippen LogP contribution in [0.25, 0.3) is 11.3 Å². The molecule has 0 amide bonds. The highest BCUT2D eigenvalue weighted by atomic mass is 16.5. The summed E-state index contributed by atoms with van der Waals surface area (Å²) in [6.45, 7) is 0. The number of aromatic nitrogens is 2. The Balaban J connectivity index is 2.68. The molecule has 22 heavy (non-hydrogen) atoms. The Morgan fingerprint density at radius 3 is 2.32 bits per heavy atom. The van der Waals surface area contributed by atoms with Crippen LogP contribution in [0.3, 0.4) is 0 Å². The number of nitrogens with zero attached hydrogens (tertiary/aromatic N) is 2. The molecule has 1 heterocycles. The first-order valence-electron chi connectivity index (χ1n) is 6.03. The Morgan fingerprint density at radius 1 is 1.05 bits per heavy atom. The van der Waals surface area contributed by atoms with Crippen molar-refractivity contribution in [3.05, 3.63) is 35.8 Å². The Bertz CT molecular complexity index is 744. The van der Waals surface area contributed by atoms with Crippen molar-refractivity contribution >= 4 is 11.9 Å². The molecule has 0 saturated heterocycles. The van der Waals surface area contributed by atoms with Crippen molar-refractivity contribution in [3.63, 3.8) is 0 Å². The summed E-state index contributed by atoms with van der Waals surface area (Å²) in [7, 11) is 2.77. The van der Waals surface area contributed by atoms with E-state index in [0.29, 0.717) is 11.3 Å². The van der Waals surface area contributed by atoms with Gasteiger partial charge in [-0.05, 0) is 18.2 Å². The number of ether oxygens (including phenoxy) is 2. The maximum Gasteiger partial charge on any atom is 0.373 e. The normalized spacial score (nSPS) is 10.1. The lowest BCUT2D eigenvalue weighted by Crippen LogP contribution is -2.06. The summed E-state index contributed by atoms with van der Waals surface area (Å²) in [5.74, 6) is -2.35. The second-order valence-electron chi connectivity index (χ2n) is 4.17. The SMILES string of the molecule is COc1cc(C(=O)O)cc(-c2nc(C(=O)O)ncc2OC)c1.